The summed E-state index contributed by atoms with van der Waals surface area (Å²) in [6, 6.07) is 14.6. The van der Waals surface area contributed by atoms with Crippen molar-refractivity contribution in [2.45, 2.75) is 18.4 Å². The lowest BCUT2D eigenvalue weighted by Crippen LogP contribution is -2.13. The van der Waals surface area contributed by atoms with E-state index in [0.717, 1.165) is 16.5 Å². The van der Waals surface area contributed by atoms with E-state index in [1.165, 1.54) is 28.2 Å². The fourth-order valence-corrected chi connectivity index (χ4v) is 5.66. The van der Waals surface area contributed by atoms with Crippen molar-refractivity contribution in [3.8, 4) is 0 Å². The van der Waals surface area contributed by atoms with Crippen molar-refractivity contribution in [3.05, 3.63) is 87.8 Å². The van der Waals surface area contributed by atoms with Crippen molar-refractivity contribution in [1.82, 2.24) is 9.29 Å². The Hall–Kier alpha value is -2.29. The fraction of sp³-hybridized carbons (Fsp3) is 0.130. The highest BCUT2D eigenvalue weighted by molar-refractivity contribution is 7.90. The molecule has 4 rings (SSSR count). The third kappa shape index (κ3) is 4.83. The van der Waals surface area contributed by atoms with Gasteiger partial charge in [0.05, 0.1) is 21.2 Å². The maximum Gasteiger partial charge on any atom is 0.269 e. The number of nitrogens with zero attached hydrogens (tertiary/aromatic N) is 1. The first-order valence-corrected chi connectivity index (χ1v) is 11.9. The molecular formula is C23H21Cl3FN3O2S. The first-order chi connectivity index (χ1) is 15.2. The fourth-order valence-electron chi connectivity index (χ4n) is 3.54. The van der Waals surface area contributed by atoms with E-state index in [4.69, 9.17) is 23.2 Å². The first-order valence-electron chi connectivity index (χ1n) is 9.73. The van der Waals surface area contributed by atoms with Crippen molar-refractivity contribution < 1.29 is 12.8 Å². The van der Waals surface area contributed by atoms with Crippen LogP contribution in [0.15, 0.2) is 65.7 Å². The van der Waals surface area contributed by atoms with Gasteiger partial charge in [-0.05, 0) is 61.5 Å². The summed E-state index contributed by atoms with van der Waals surface area (Å²) in [6.45, 7) is 2.27. The molecular weight excluding hydrogens is 508 g/mol. The molecule has 0 fully saturated rings. The zero-order valence-corrected chi connectivity index (χ0v) is 20.8. The molecule has 33 heavy (non-hydrogen) atoms. The second kappa shape index (κ2) is 9.91. The van der Waals surface area contributed by atoms with Gasteiger partial charge in [-0.15, -0.1) is 12.4 Å². The largest absolute Gasteiger partial charge is 0.353 e. The molecule has 0 aliphatic carbocycles. The molecule has 174 valence electrons. The molecule has 1 heterocycles. The average molecular weight is 529 g/mol. The molecule has 0 amide bonds. The molecule has 4 aromatic rings. The number of rotatable bonds is 6. The van der Waals surface area contributed by atoms with Gasteiger partial charge in [-0.3, -0.25) is 0 Å². The van der Waals surface area contributed by atoms with Crippen LogP contribution in [0.1, 0.15) is 11.1 Å². The predicted molar refractivity (Wildman–Crippen MR) is 135 cm³/mol. The van der Waals surface area contributed by atoms with Crippen LogP contribution in [0.3, 0.4) is 0 Å². The summed E-state index contributed by atoms with van der Waals surface area (Å²) in [6.07, 6.45) is 1.56. The number of anilines is 2. The van der Waals surface area contributed by atoms with Crippen LogP contribution in [0.2, 0.25) is 10.0 Å². The smallest absolute Gasteiger partial charge is 0.269 e. The quantitative estimate of drug-likeness (QED) is 0.299. The highest BCUT2D eigenvalue weighted by Crippen LogP contribution is 2.34. The van der Waals surface area contributed by atoms with Crippen LogP contribution in [-0.2, 0) is 16.6 Å². The maximum atomic E-state index is 14.3. The Morgan fingerprint density at radius 3 is 2.52 bits per heavy atom. The monoisotopic (exact) mass is 527 g/mol. The molecule has 1 aromatic heterocycles. The lowest BCUT2D eigenvalue weighted by Gasteiger charge is -2.12. The van der Waals surface area contributed by atoms with Gasteiger partial charge in [0.15, 0.2) is 0 Å². The molecule has 5 nitrogen and oxygen atoms in total. The molecule has 0 atom stereocenters. The molecule has 0 aliphatic rings. The minimum atomic E-state index is -4.05. The van der Waals surface area contributed by atoms with E-state index in [2.05, 4.69) is 10.6 Å². The van der Waals surface area contributed by atoms with Gasteiger partial charge in [0.25, 0.3) is 10.0 Å². The molecule has 0 spiro atoms. The molecule has 0 unspecified atom stereocenters. The van der Waals surface area contributed by atoms with E-state index in [0.29, 0.717) is 23.4 Å². The lowest BCUT2D eigenvalue weighted by atomic mass is 10.1. The van der Waals surface area contributed by atoms with Gasteiger partial charge < -0.3 is 10.6 Å². The van der Waals surface area contributed by atoms with Crippen molar-refractivity contribution in [3.63, 3.8) is 0 Å². The minimum Gasteiger partial charge on any atom is -0.353 e. The average Bonchev–Trinajstić information content (AvgIpc) is 3.11. The van der Waals surface area contributed by atoms with Crippen LogP contribution in [0, 0.1) is 12.7 Å². The second-order valence-electron chi connectivity index (χ2n) is 7.38. The molecule has 0 saturated carbocycles. The number of nitrogens with one attached hydrogen (secondary N) is 2. The van der Waals surface area contributed by atoms with Crippen LogP contribution in [0.25, 0.3) is 10.9 Å². The topological polar surface area (TPSA) is 63.1 Å². The number of fused-ring (bicyclic) bond motifs is 1. The van der Waals surface area contributed by atoms with E-state index in [1.807, 2.05) is 6.07 Å². The van der Waals surface area contributed by atoms with Crippen molar-refractivity contribution in [2.24, 2.45) is 0 Å². The number of hydrogen-bond donors (Lipinski definition) is 2. The Balaban J connectivity index is 0.00000306. The highest BCUT2D eigenvalue weighted by atomic mass is 35.5. The van der Waals surface area contributed by atoms with E-state index in [-0.39, 0.29) is 27.3 Å². The summed E-state index contributed by atoms with van der Waals surface area (Å²) in [5, 5.41) is 6.93. The second-order valence-corrected chi connectivity index (χ2v) is 9.95. The third-order valence-corrected chi connectivity index (χ3v) is 7.73. The van der Waals surface area contributed by atoms with E-state index < -0.39 is 15.8 Å². The Kier molecular flexibility index (Phi) is 7.61. The van der Waals surface area contributed by atoms with Crippen molar-refractivity contribution in [2.75, 3.05) is 12.4 Å². The van der Waals surface area contributed by atoms with Crippen LogP contribution in [0.5, 0.6) is 0 Å². The van der Waals surface area contributed by atoms with Crippen LogP contribution >= 0.6 is 35.6 Å². The Bertz CT molecular complexity index is 1440. The molecule has 0 radical (unpaired) electrons. The molecule has 0 saturated heterocycles. The molecule has 3 aromatic carbocycles. The normalized spacial score (nSPS) is 11.4. The van der Waals surface area contributed by atoms with Crippen LogP contribution in [0.4, 0.5) is 15.8 Å². The van der Waals surface area contributed by atoms with Crippen molar-refractivity contribution in [1.29, 1.82) is 0 Å². The number of halogens is 4. The lowest BCUT2D eigenvalue weighted by molar-refractivity contribution is 0.589. The van der Waals surface area contributed by atoms with Crippen LogP contribution < -0.4 is 10.6 Å². The Morgan fingerprint density at radius 1 is 1.06 bits per heavy atom. The summed E-state index contributed by atoms with van der Waals surface area (Å²) >= 11 is 12.3. The summed E-state index contributed by atoms with van der Waals surface area (Å²) in [5.41, 5.74) is 2.87. The van der Waals surface area contributed by atoms with Gasteiger partial charge in [0.1, 0.15) is 10.7 Å². The van der Waals surface area contributed by atoms with E-state index in [1.54, 1.807) is 44.4 Å². The molecule has 0 bridgehead atoms. The van der Waals surface area contributed by atoms with Gasteiger partial charge in [0.2, 0.25) is 0 Å². The molecule has 10 heteroatoms. The zero-order valence-electron chi connectivity index (χ0n) is 17.7. The summed E-state index contributed by atoms with van der Waals surface area (Å²) in [4.78, 5) is -0.0949. The van der Waals surface area contributed by atoms with Gasteiger partial charge in [0, 0.05) is 23.8 Å². The van der Waals surface area contributed by atoms with Gasteiger partial charge in [-0.2, -0.15) is 0 Å². The number of benzene rings is 3. The maximum absolute atomic E-state index is 14.3. The molecule has 2 N–H and O–H groups in total. The number of aromatic nitrogens is 1. The molecule has 0 aliphatic heterocycles. The van der Waals surface area contributed by atoms with E-state index >= 15 is 0 Å². The Labute approximate surface area is 208 Å². The third-order valence-electron chi connectivity index (χ3n) is 5.08. The van der Waals surface area contributed by atoms with Gasteiger partial charge in [-0.25, -0.2) is 16.8 Å². The summed E-state index contributed by atoms with van der Waals surface area (Å²) < 4.78 is 42.5. The summed E-state index contributed by atoms with van der Waals surface area (Å²) in [5.74, 6) is -0.394. The van der Waals surface area contributed by atoms with Crippen molar-refractivity contribution >= 4 is 67.9 Å². The summed E-state index contributed by atoms with van der Waals surface area (Å²) in [7, 11) is -2.27. The van der Waals surface area contributed by atoms with Gasteiger partial charge in [-0.1, -0.05) is 41.4 Å². The predicted octanol–water partition coefficient (Wildman–Crippen LogP) is 6.52. The highest BCUT2D eigenvalue weighted by Gasteiger charge is 2.25. The van der Waals surface area contributed by atoms with Crippen LogP contribution in [-0.4, -0.2) is 19.4 Å². The van der Waals surface area contributed by atoms with Gasteiger partial charge >= 0.3 is 0 Å². The zero-order chi connectivity index (χ0) is 23.0. The minimum absolute atomic E-state index is 0. The van der Waals surface area contributed by atoms with E-state index in [9.17, 15) is 12.8 Å². The number of aryl methyl sites for hydroxylation is 1. The Morgan fingerprint density at radius 2 is 1.82 bits per heavy atom. The number of hydrogen-bond acceptors (Lipinski definition) is 4. The standard InChI is InChI=1S/C23H20Cl2FN3O2S.ClH/c1-14-6-9-20(19(26)10-14)28-16-7-8-17-15(12-27-2)13-29(21(17)11-16)32(30,31)22-5-3-4-18(24)23(22)25;/h3-11,13,27-28H,12H2,1-2H3;1H. The SMILES string of the molecule is CNCc1cn(S(=O)(=O)c2cccc(Cl)c2Cl)c2cc(Nc3ccc(C)cc3F)ccc12.Cl. The first kappa shape index (κ1) is 25.3.